The van der Waals surface area contributed by atoms with Crippen LogP contribution in [0.4, 0.5) is 0 Å². The minimum Gasteiger partial charge on any atom is -0.544 e. The summed E-state index contributed by atoms with van der Waals surface area (Å²) in [4.78, 5) is 16.7. The predicted octanol–water partition coefficient (Wildman–Crippen LogP) is 3.38. The van der Waals surface area contributed by atoms with Gasteiger partial charge in [-0.2, -0.15) is 0 Å². The number of carboxylic acid groups (broad SMARTS) is 1. The van der Waals surface area contributed by atoms with Gasteiger partial charge in [0.15, 0.2) is 5.09 Å². The van der Waals surface area contributed by atoms with Crippen molar-refractivity contribution in [3.8, 4) is 0 Å². The lowest BCUT2D eigenvalue weighted by Gasteiger charge is -2.04. The highest BCUT2D eigenvalue weighted by atomic mass is 32.2. The van der Waals surface area contributed by atoms with Gasteiger partial charge in [-0.3, -0.25) is 5.10 Å². The summed E-state index contributed by atoms with van der Waals surface area (Å²) in [6, 6.07) is 13.3. The van der Waals surface area contributed by atoms with Crippen LogP contribution in [0.25, 0.3) is 6.08 Å². The molecule has 2 heterocycles. The summed E-state index contributed by atoms with van der Waals surface area (Å²) < 4.78 is 5.68. The molecule has 6 nitrogen and oxygen atoms in total. The van der Waals surface area contributed by atoms with Gasteiger partial charge >= 0.3 is 0 Å². The quantitative estimate of drug-likeness (QED) is 0.468. The molecule has 0 spiro atoms. The van der Waals surface area contributed by atoms with Gasteiger partial charge in [0.05, 0.1) is 5.97 Å². The van der Waals surface area contributed by atoms with Gasteiger partial charge < -0.3 is 14.3 Å². The summed E-state index contributed by atoms with van der Waals surface area (Å²) in [5, 5.41) is 19.3. The molecular weight excluding hydrogens is 370 g/mol. The number of aromatic amines is 1. The Labute approximate surface area is 159 Å². The Kier molecular flexibility index (Phi) is 6.19. The van der Waals surface area contributed by atoms with Crippen molar-refractivity contribution in [2.45, 2.75) is 34.9 Å². The molecule has 0 aliphatic heterocycles. The molecule has 26 heavy (non-hydrogen) atoms. The summed E-state index contributed by atoms with van der Waals surface area (Å²) >= 11 is 2.39. The first-order valence-electron chi connectivity index (χ1n) is 7.99. The highest BCUT2D eigenvalue weighted by Crippen LogP contribution is 2.31. The fraction of sp³-hybridized carbons (Fsp3) is 0.167. The standard InChI is InChI=1S/C18H17N3O3S2/c1-2-6-15-19-18(21-20-15)26-14(17(22)23)11-12-9-10-16(24-12)25-13-7-4-3-5-8-13/h3-5,7-11H,2,6H2,1H3,(H,22,23)(H,19,20,21)/p-1/b14-11-. The minimum absolute atomic E-state index is 0.0161. The van der Waals surface area contributed by atoms with Crippen LogP contribution in [0.1, 0.15) is 24.9 Å². The van der Waals surface area contributed by atoms with Crippen molar-refractivity contribution in [1.29, 1.82) is 0 Å². The van der Waals surface area contributed by atoms with Crippen LogP contribution in [0.3, 0.4) is 0 Å². The number of carbonyl (C=O) groups excluding carboxylic acids is 1. The third-order valence-electron chi connectivity index (χ3n) is 3.24. The molecule has 0 atom stereocenters. The van der Waals surface area contributed by atoms with Gasteiger partial charge in [0.1, 0.15) is 11.6 Å². The summed E-state index contributed by atoms with van der Waals surface area (Å²) in [5.41, 5.74) is 0. The van der Waals surface area contributed by atoms with E-state index in [0.29, 0.717) is 16.0 Å². The molecule has 0 saturated heterocycles. The number of benzene rings is 1. The van der Waals surface area contributed by atoms with Crippen molar-refractivity contribution >= 4 is 35.6 Å². The number of H-pyrrole nitrogens is 1. The van der Waals surface area contributed by atoms with E-state index in [-0.39, 0.29) is 4.91 Å². The molecule has 1 aromatic carbocycles. The van der Waals surface area contributed by atoms with E-state index in [4.69, 9.17) is 4.42 Å². The molecule has 0 aliphatic carbocycles. The van der Waals surface area contributed by atoms with E-state index in [1.54, 1.807) is 12.1 Å². The van der Waals surface area contributed by atoms with E-state index in [1.807, 2.05) is 37.3 Å². The molecule has 3 rings (SSSR count). The van der Waals surface area contributed by atoms with Crippen LogP contribution in [0.15, 0.2) is 66.9 Å². The summed E-state index contributed by atoms with van der Waals surface area (Å²) in [5.74, 6) is -0.141. The SMILES string of the molecule is CCCc1nc(S/C(=C\c2ccc(Sc3ccccc3)o2)C(=O)[O-])n[nH]1. The molecule has 0 saturated carbocycles. The van der Waals surface area contributed by atoms with Crippen molar-refractivity contribution in [3.05, 3.63) is 59.0 Å². The molecule has 0 aliphatic rings. The molecular formula is C18H16N3O3S2-. The number of carboxylic acids is 1. The van der Waals surface area contributed by atoms with Crippen molar-refractivity contribution in [2.24, 2.45) is 0 Å². The highest BCUT2D eigenvalue weighted by Gasteiger charge is 2.10. The lowest BCUT2D eigenvalue weighted by Crippen LogP contribution is -2.23. The molecule has 3 aromatic rings. The van der Waals surface area contributed by atoms with Gasteiger partial charge in [0.25, 0.3) is 0 Å². The lowest BCUT2D eigenvalue weighted by molar-refractivity contribution is -0.298. The van der Waals surface area contributed by atoms with Crippen molar-refractivity contribution < 1.29 is 14.3 Å². The summed E-state index contributed by atoms with van der Waals surface area (Å²) in [6.45, 7) is 2.03. The number of hydrogen-bond acceptors (Lipinski definition) is 7. The Hall–Kier alpha value is -2.45. The Morgan fingerprint density at radius 2 is 2.08 bits per heavy atom. The summed E-state index contributed by atoms with van der Waals surface area (Å²) in [6.07, 6.45) is 3.11. The molecule has 0 amide bonds. The molecule has 1 N–H and O–H groups in total. The molecule has 0 bridgehead atoms. The molecule has 134 valence electrons. The van der Waals surface area contributed by atoms with Gasteiger partial charge in [-0.15, -0.1) is 5.10 Å². The van der Waals surface area contributed by atoms with Crippen LogP contribution in [0.2, 0.25) is 0 Å². The molecule has 0 fully saturated rings. The number of aryl methyl sites for hydroxylation is 1. The largest absolute Gasteiger partial charge is 0.544 e. The van der Waals surface area contributed by atoms with Gasteiger partial charge in [-0.1, -0.05) is 36.9 Å². The number of carbonyl (C=O) groups is 1. The number of nitrogens with zero attached hydrogens (tertiary/aromatic N) is 2. The fourth-order valence-electron chi connectivity index (χ4n) is 2.10. The van der Waals surface area contributed by atoms with E-state index in [1.165, 1.54) is 17.8 Å². The monoisotopic (exact) mass is 386 g/mol. The Morgan fingerprint density at radius 1 is 1.27 bits per heavy atom. The number of aromatic nitrogens is 3. The van der Waals surface area contributed by atoms with Crippen LogP contribution in [0, 0.1) is 0 Å². The topological polar surface area (TPSA) is 94.8 Å². The average Bonchev–Trinajstić information content (AvgIpc) is 3.25. The van der Waals surface area contributed by atoms with Crippen molar-refractivity contribution in [3.63, 3.8) is 0 Å². The average molecular weight is 386 g/mol. The van der Waals surface area contributed by atoms with Crippen LogP contribution >= 0.6 is 23.5 Å². The molecule has 0 radical (unpaired) electrons. The van der Waals surface area contributed by atoms with Gasteiger partial charge in [0.2, 0.25) is 5.16 Å². The Morgan fingerprint density at radius 3 is 2.81 bits per heavy atom. The maximum Gasteiger partial charge on any atom is 0.213 e. The van der Waals surface area contributed by atoms with Crippen LogP contribution < -0.4 is 5.11 Å². The van der Waals surface area contributed by atoms with Crippen LogP contribution in [-0.2, 0) is 11.2 Å². The predicted molar refractivity (Wildman–Crippen MR) is 98.5 cm³/mol. The Bertz CT molecular complexity index is 903. The lowest BCUT2D eigenvalue weighted by atomic mass is 10.3. The van der Waals surface area contributed by atoms with Gasteiger partial charge in [0, 0.05) is 16.2 Å². The second kappa shape index (κ2) is 8.77. The number of hydrogen-bond donors (Lipinski definition) is 1. The highest BCUT2D eigenvalue weighted by molar-refractivity contribution is 8.04. The van der Waals surface area contributed by atoms with Crippen molar-refractivity contribution in [1.82, 2.24) is 15.2 Å². The molecule has 8 heteroatoms. The maximum absolute atomic E-state index is 11.4. The second-order valence-electron chi connectivity index (χ2n) is 5.28. The van der Waals surface area contributed by atoms with Gasteiger partial charge in [-0.25, -0.2) is 4.98 Å². The van der Waals surface area contributed by atoms with Crippen LogP contribution in [-0.4, -0.2) is 21.2 Å². The first-order valence-corrected chi connectivity index (χ1v) is 9.62. The van der Waals surface area contributed by atoms with E-state index in [9.17, 15) is 9.90 Å². The third-order valence-corrected chi connectivity index (χ3v) is 5.04. The van der Waals surface area contributed by atoms with Crippen molar-refractivity contribution in [2.75, 3.05) is 0 Å². The zero-order chi connectivity index (χ0) is 18.4. The number of aliphatic carboxylic acids is 1. The van der Waals surface area contributed by atoms with Crippen LogP contribution in [0.5, 0.6) is 0 Å². The smallest absolute Gasteiger partial charge is 0.213 e. The van der Waals surface area contributed by atoms with E-state index < -0.39 is 5.97 Å². The third kappa shape index (κ3) is 5.03. The number of nitrogens with one attached hydrogen (secondary N) is 1. The van der Waals surface area contributed by atoms with E-state index in [2.05, 4.69) is 15.2 Å². The first-order chi connectivity index (χ1) is 12.6. The Balaban J connectivity index is 1.73. The van der Waals surface area contributed by atoms with E-state index in [0.717, 1.165) is 35.3 Å². The number of furan rings is 1. The fourth-order valence-corrected chi connectivity index (χ4v) is 3.60. The minimum atomic E-state index is -1.30. The van der Waals surface area contributed by atoms with Gasteiger partial charge in [-0.05, 0) is 48.5 Å². The normalized spacial score (nSPS) is 11.7. The first kappa shape index (κ1) is 18.3. The molecule has 0 unspecified atom stereocenters. The molecule has 2 aromatic heterocycles. The second-order valence-corrected chi connectivity index (χ2v) is 7.37. The van der Waals surface area contributed by atoms with E-state index >= 15 is 0 Å². The zero-order valence-corrected chi connectivity index (χ0v) is 15.6. The number of thioether (sulfide) groups is 1. The zero-order valence-electron chi connectivity index (χ0n) is 14.0. The maximum atomic E-state index is 11.4. The number of rotatable bonds is 8. The summed E-state index contributed by atoms with van der Waals surface area (Å²) in [7, 11) is 0.